The molecule has 2 fully saturated rings. The lowest BCUT2D eigenvalue weighted by Crippen LogP contribution is -2.31. The Kier molecular flexibility index (Phi) is 2.61. The van der Waals surface area contributed by atoms with E-state index in [1.807, 2.05) is 0 Å². The number of hydrogen-bond acceptors (Lipinski definition) is 2. The maximum atomic E-state index is 11.6. The van der Waals surface area contributed by atoms with Crippen LogP contribution in [0.15, 0.2) is 12.2 Å². The van der Waals surface area contributed by atoms with Gasteiger partial charge >= 0.3 is 5.97 Å². The number of fused-ring (bicyclic) bond motifs is 2. The van der Waals surface area contributed by atoms with Gasteiger partial charge in [0.15, 0.2) is 0 Å². The van der Waals surface area contributed by atoms with Crippen LogP contribution in [0.25, 0.3) is 0 Å². The zero-order chi connectivity index (χ0) is 11.1. The first-order chi connectivity index (χ1) is 7.06. The van der Waals surface area contributed by atoms with Crippen molar-refractivity contribution >= 4 is 5.97 Å². The summed E-state index contributed by atoms with van der Waals surface area (Å²) < 4.78 is 5.64. The lowest BCUT2D eigenvalue weighted by Gasteiger charge is -2.29. The third-order valence-electron chi connectivity index (χ3n) is 4.09. The first-order valence-corrected chi connectivity index (χ1v) is 5.95. The van der Waals surface area contributed by atoms with E-state index >= 15 is 0 Å². The van der Waals surface area contributed by atoms with Crippen LogP contribution in [-0.4, -0.2) is 11.6 Å². The molecule has 0 radical (unpaired) electrons. The molecule has 0 heterocycles. The van der Waals surface area contributed by atoms with Crippen molar-refractivity contribution in [1.29, 1.82) is 0 Å². The molecule has 2 saturated carbocycles. The van der Waals surface area contributed by atoms with Crippen molar-refractivity contribution in [2.75, 3.05) is 0 Å². The fourth-order valence-corrected chi connectivity index (χ4v) is 3.26. The summed E-state index contributed by atoms with van der Waals surface area (Å²) in [6.07, 6.45) is 5.68. The molecule has 2 heteroatoms. The van der Waals surface area contributed by atoms with Gasteiger partial charge in [0.05, 0.1) is 0 Å². The second-order valence-electron chi connectivity index (χ2n) is 5.23. The van der Waals surface area contributed by atoms with Gasteiger partial charge in [-0.1, -0.05) is 19.9 Å². The third kappa shape index (κ3) is 1.82. The average molecular weight is 208 g/mol. The summed E-state index contributed by atoms with van der Waals surface area (Å²) in [6, 6.07) is 0. The molecule has 0 aromatic carbocycles. The number of rotatable bonds is 3. The summed E-state index contributed by atoms with van der Waals surface area (Å²) >= 11 is 0. The van der Waals surface area contributed by atoms with Gasteiger partial charge in [0.2, 0.25) is 0 Å². The zero-order valence-electron chi connectivity index (χ0n) is 9.71. The van der Waals surface area contributed by atoms with E-state index in [0.29, 0.717) is 5.57 Å². The first-order valence-electron chi connectivity index (χ1n) is 5.95. The van der Waals surface area contributed by atoms with Crippen LogP contribution in [0.3, 0.4) is 0 Å². The van der Waals surface area contributed by atoms with E-state index in [9.17, 15) is 4.79 Å². The van der Waals surface area contributed by atoms with Gasteiger partial charge in [-0.3, -0.25) is 0 Å². The van der Waals surface area contributed by atoms with Crippen LogP contribution in [0.1, 0.15) is 46.0 Å². The minimum atomic E-state index is -0.201. The van der Waals surface area contributed by atoms with Gasteiger partial charge < -0.3 is 4.74 Å². The Balaban J connectivity index is 2.03. The lowest BCUT2D eigenvalue weighted by molar-refractivity contribution is -0.154. The Morgan fingerprint density at radius 2 is 2.27 bits per heavy atom. The smallest absolute Gasteiger partial charge is 0.333 e. The van der Waals surface area contributed by atoms with Crippen molar-refractivity contribution in [3.8, 4) is 0 Å². The molecule has 2 aliphatic rings. The van der Waals surface area contributed by atoms with Crippen molar-refractivity contribution in [1.82, 2.24) is 0 Å². The van der Waals surface area contributed by atoms with Gasteiger partial charge in [-0.15, -0.1) is 0 Å². The number of hydrogen-bond donors (Lipinski definition) is 0. The molecule has 0 aliphatic heterocycles. The van der Waals surface area contributed by atoms with Crippen LogP contribution < -0.4 is 0 Å². The van der Waals surface area contributed by atoms with Gasteiger partial charge in [0.25, 0.3) is 0 Å². The van der Waals surface area contributed by atoms with Crippen molar-refractivity contribution < 1.29 is 9.53 Å². The van der Waals surface area contributed by atoms with Crippen LogP contribution in [0, 0.1) is 11.8 Å². The minimum Gasteiger partial charge on any atom is -0.456 e. The fraction of sp³-hybridized carbons (Fsp3) is 0.769. The summed E-state index contributed by atoms with van der Waals surface area (Å²) in [5.74, 6) is 1.37. The molecule has 0 aromatic rings. The molecule has 2 bridgehead atoms. The number of ether oxygens (including phenoxy) is 1. The molecule has 0 N–H and O–H groups in total. The molecular weight excluding hydrogens is 188 g/mol. The highest BCUT2D eigenvalue weighted by molar-refractivity contribution is 5.87. The van der Waals surface area contributed by atoms with Crippen LogP contribution in [-0.2, 0) is 9.53 Å². The highest BCUT2D eigenvalue weighted by Crippen LogP contribution is 2.54. The summed E-state index contributed by atoms with van der Waals surface area (Å²) in [4.78, 5) is 11.6. The Morgan fingerprint density at radius 3 is 2.80 bits per heavy atom. The predicted molar refractivity (Wildman–Crippen MR) is 59.4 cm³/mol. The summed E-state index contributed by atoms with van der Waals surface area (Å²) in [5, 5.41) is 0. The summed E-state index contributed by atoms with van der Waals surface area (Å²) in [6.45, 7) is 7.60. The minimum absolute atomic E-state index is 0.124. The van der Waals surface area contributed by atoms with Gasteiger partial charge in [-0.25, -0.2) is 4.79 Å². The number of carbonyl (C=O) groups is 1. The predicted octanol–water partition coefficient (Wildman–Crippen LogP) is 3.07. The van der Waals surface area contributed by atoms with Gasteiger partial charge in [-0.05, 0) is 44.4 Å². The SMILES string of the molecule is C=C(C)C(=O)OC12CCC(C1)C(CC)C2. The van der Waals surface area contributed by atoms with E-state index in [-0.39, 0.29) is 11.6 Å². The maximum Gasteiger partial charge on any atom is 0.333 e. The first kappa shape index (κ1) is 10.7. The fourth-order valence-electron chi connectivity index (χ4n) is 3.26. The van der Waals surface area contributed by atoms with E-state index in [4.69, 9.17) is 4.74 Å². The molecule has 3 atom stereocenters. The molecule has 84 valence electrons. The maximum absolute atomic E-state index is 11.6. The average Bonchev–Trinajstić information content (AvgIpc) is 2.74. The second kappa shape index (κ2) is 3.66. The highest BCUT2D eigenvalue weighted by atomic mass is 16.6. The molecule has 0 spiro atoms. The molecule has 0 amide bonds. The highest BCUT2D eigenvalue weighted by Gasteiger charge is 2.52. The van der Waals surface area contributed by atoms with Crippen molar-refractivity contribution in [3.05, 3.63) is 12.2 Å². The van der Waals surface area contributed by atoms with Gasteiger partial charge in [0.1, 0.15) is 5.60 Å². The molecule has 2 aliphatic carbocycles. The van der Waals surface area contributed by atoms with E-state index in [1.54, 1.807) is 6.92 Å². The Hall–Kier alpha value is -0.790. The quantitative estimate of drug-likeness (QED) is 0.526. The van der Waals surface area contributed by atoms with Crippen LogP contribution in [0.2, 0.25) is 0 Å². The molecular formula is C13H20O2. The van der Waals surface area contributed by atoms with Crippen molar-refractivity contribution in [2.45, 2.75) is 51.6 Å². The largest absolute Gasteiger partial charge is 0.456 e. The Bertz CT molecular complexity index is 295. The summed E-state index contributed by atoms with van der Waals surface area (Å²) in [7, 11) is 0. The van der Waals surface area contributed by atoms with E-state index in [2.05, 4.69) is 13.5 Å². The second-order valence-corrected chi connectivity index (χ2v) is 5.23. The van der Waals surface area contributed by atoms with Crippen LogP contribution in [0.4, 0.5) is 0 Å². The van der Waals surface area contributed by atoms with Crippen LogP contribution in [0.5, 0.6) is 0 Å². The monoisotopic (exact) mass is 208 g/mol. The van der Waals surface area contributed by atoms with E-state index in [1.165, 1.54) is 12.8 Å². The molecule has 2 nitrogen and oxygen atoms in total. The number of esters is 1. The molecule has 0 saturated heterocycles. The Labute approximate surface area is 91.7 Å². The zero-order valence-corrected chi connectivity index (χ0v) is 9.71. The van der Waals surface area contributed by atoms with E-state index < -0.39 is 0 Å². The van der Waals surface area contributed by atoms with E-state index in [0.717, 1.165) is 31.1 Å². The lowest BCUT2D eigenvalue weighted by atomic mass is 9.85. The molecule has 2 rings (SSSR count). The van der Waals surface area contributed by atoms with Gasteiger partial charge in [-0.2, -0.15) is 0 Å². The van der Waals surface area contributed by atoms with Crippen molar-refractivity contribution in [2.24, 2.45) is 11.8 Å². The standard InChI is InChI=1S/C13H20O2/c1-4-10-7-13(6-5-11(10)8-13)15-12(14)9(2)3/h10-11H,2,4-8H2,1,3H3. The van der Waals surface area contributed by atoms with Crippen LogP contribution >= 0.6 is 0 Å². The van der Waals surface area contributed by atoms with Crippen molar-refractivity contribution in [3.63, 3.8) is 0 Å². The Morgan fingerprint density at radius 1 is 1.53 bits per heavy atom. The normalized spacial score (nSPS) is 38.0. The third-order valence-corrected chi connectivity index (χ3v) is 4.09. The molecule has 3 unspecified atom stereocenters. The molecule has 15 heavy (non-hydrogen) atoms. The topological polar surface area (TPSA) is 26.3 Å². The number of carbonyl (C=O) groups excluding carboxylic acids is 1. The summed E-state index contributed by atoms with van der Waals surface area (Å²) in [5.41, 5.74) is 0.397. The molecule has 0 aromatic heterocycles. The van der Waals surface area contributed by atoms with Gasteiger partial charge in [0, 0.05) is 5.57 Å².